The van der Waals surface area contributed by atoms with Gasteiger partial charge in [0, 0.05) is 37.0 Å². The second kappa shape index (κ2) is 11.3. The number of methoxy groups -OCH3 is 2. The number of likely N-dealkylation sites (tertiary alicyclic amines) is 1. The van der Waals surface area contributed by atoms with Crippen LogP contribution in [0.15, 0.2) is 23.2 Å². The van der Waals surface area contributed by atoms with Crippen molar-refractivity contribution >= 4 is 11.9 Å². The lowest BCUT2D eigenvalue weighted by atomic mass is 9.84. The van der Waals surface area contributed by atoms with E-state index in [0.29, 0.717) is 12.6 Å². The molecule has 7 nitrogen and oxygen atoms in total. The quantitative estimate of drug-likeness (QED) is 0.487. The molecule has 1 aromatic carbocycles. The van der Waals surface area contributed by atoms with Crippen molar-refractivity contribution in [1.29, 1.82) is 0 Å². The van der Waals surface area contributed by atoms with Crippen molar-refractivity contribution in [2.24, 2.45) is 10.9 Å². The molecule has 1 fully saturated rings. The third-order valence-corrected chi connectivity index (χ3v) is 5.78. The van der Waals surface area contributed by atoms with Gasteiger partial charge >= 0.3 is 0 Å². The number of nitrogens with zero attached hydrogens (tertiary/aromatic N) is 2. The maximum Gasteiger partial charge on any atom is 0.225 e. The van der Waals surface area contributed by atoms with Crippen molar-refractivity contribution in [3.8, 4) is 11.5 Å². The third kappa shape index (κ3) is 6.77. The summed E-state index contributed by atoms with van der Waals surface area (Å²) in [4.78, 5) is 19.1. The lowest BCUT2D eigenvalue weighted by Crippen LogP contribution is -2.50. The molecule has 0 radical (unpaired) electrons. The predicted octanol–water partition coefficient (Wildman–Crippen LogP) is 3.18. The summed E-state index contributed by atoms with van der Waals surface area (Å²) in [6, 6.07) is 6.35. The van der Waals surface area contributed by atoms with Crippen LogP contribution in [0.1, 0.15) is 53.0 Å². The number of carbonyl (C=O) groups is 1. The van der Waals surface area contributed by atoms with Gasteiger partial charge in [0.2, 0.25) is 5.91 Å². The Labute approximate surface area is 187 Å². The van der Waals surface area contributed by atoms with E-state index in [2.05, 4.69) is 37.5 Å². The minimum Gasteiger partial charge on any atom is -0.493 e. The molecular weight excluding hydrogens is 392 g/mol. The molecule has 31 heavy (non-hydrogen) atoms. The molecule has 0 aliphatic carbocycles. The van der Waals surface area contributed by atoms with Crippen molar-refractivity contribution in [3.63, 3.8) is 0 Å². The zero-order valence-electron chi connectivity index (χ0n) is 20.2. The molecule has 1 saturated heterocycles. The number of amides is 1. The third-order valence-electron chi connectivity index (χ3n) is 5.78. The van der Waals surface area contributed by atoms with Crippen LogP contribution >= 0.6 is 0 Å². The van der Waals surface area contributed by atoms with Gasteiger partial charge in [-0.2, -0.15) is 0 Å². The van der Waals surface area contributed by atoms with Crippen LogP contribution in [0.3, 0.4) is 0 Å². The van der Waals surface area contributed by atoms with Gasteiger partial charge in [0.05, 0.1) is 20.8 Å². The molecule has 1 heterocycles. The maximum atomic E-state index is 12.2. The molecule has 0 spiro atoms. The SMILES string of the molecule is CCNC(=NCC(C)(C)c1ccc(OC)c(OC)c1)NC1CCN(C(=O)C(C)C)CC1. The topological polar surface area (TPSA) is 75.2 Å². The van der Waals surface area contributed by atoms with Gasteiger partial charge in [-0.15, -0.1) is 0 Å². The first-order valence-electron chi connectivity index (χ1n) is 11.3. The number of carbonyl (C=O) groups excluding carboxylic acids is 1. The zero-order chi connectivity index (χ0) is 23.0. The molecule has 0 saturated carbocycles. The van der Waals surface area contributed by atoms with E-state index in [9.17, 15) is 4.79 Å². The highest BCUT2D eigenvalue weighted by Gasteiger charge is 2.26. The molecule has 1 amide bonds. The summed E-state index contributed by atoms with van der Waals surface area (Å²) in [5, 5.41) is 6.93. The average Bonchev–Trinajstić information content (AvgIpc) is 2.77. The highest BCUT2D eigenvalue weighted by Crippen LogP contribution is 2.33. The zero-order valence-corrected chi connectivity index (χ0v) is 20.2. The van der Waals surface area contributed by atoms with Gasteiger partial charge in [0.1, 0.15) is 0 Å². The number of hydrogen-bond donors (Lipinski definition) is 2. The monoisotopic (exact) mass is 432 g/mol. The van der Waals surface area contributed by atoms with E-state index in [1.807, 2.05) is 30.9 Å². The highest BCUT2D eigenvalue weighted by molar-refractivity contribution is 5.80. The number of hydrogen-bond acceptors (Lipinski definition) is 4. The van der Waals surface area contributed by atoms with Gasteiger partial charge in [0.25, 0.3) is 0 Å². The number of rotatable bonds is 8. The van der Waals surface area contributed by atoms with Gasteiger partial charge in [-0.3, -0.25) is 9.79 Å². The first-order chi connectivity index (χ1) is 14.7. The molecule has 7 heteroatoms. The summed E-state index contributed by atoms with van der Waals surface area (Å²) in [5.74, 6) is 2.58. The standard InChI is InChI=1S/C24H40N4O3/c1-8-25-23(27-19-11-13-28(14-12-19)22(29)17(2)3)26-16-24(4,5)18-9-10-20(30-6)21(15-18)31-7/h9-10,15,17,19H,8,11-14,16H2,1-7H3,(H2,25,26,27). The van der Waals surface area contributed by atoms with E-state index < -0.39 is 0 Å². The fraction of sp³-hybridized carbons (Fsp3) is 0.667. The average molecular weight is 433 g/mol. The van der Waals surface area contributed by atoms with Crippen molar-refractivity contribution in [3.05, 3.63) is 23.8 Å². The van der Waals surface area contributed by atoms with Gasteiger partial charge in [0.15, 0.2) is 17.5 Å². The fourth-order valence-electron chi connectivity index (χ4n) is 3.75. The van der Waals surface area contributed by atoms with E-state index in [1.165, 1.54) is 0 Å². The van der Waals surface area contributed by atoms with Crippen LogP contribution in [0.2, 0.25) is 0 Å². The molecule has 0 atom stereocenters. The van der Waals surface area contributed by atoms with Gasteiger partial charge in [-0.1, -0.05) is 33.8 Å². The van der Waals surface area contributed by atoms with Crippen LogP contribution < -0.4 is 20.1 Å². The predicted molar refractivity (Wildman–Crippen MR) is 126 cm³/mol. The van der Waals surface area contributed by atoms with Crippen LogP contribution in [-0.2, 0) is 10.2 Å². The molecule has 174 valence electrons. The lowest BCUT2D eigenvalue weighted by molar-refractivity contribution is -0.135. The first kappa shape index (κ1) is 24.8. The maximum absolute atomic E-state index is 12.2. The van der Waals surface area contributed by atoms with Crippen molar-refractivity contribution < 1.29 is 14.3 Å². The number of aliphatic imine (C=N–C) groups is 1. The van der Waals surface area contributed by atoms with E-state index in [1.54, 1.807) is 14.2 Å². The Morgan fingerprint density at radius 1 is 1.19 bits per heavy atom. The molecule has 0 bridgehead atoms. The Morgan fingerprint density at radius 2 is 1.84 bits per heavy atom. The summed E-state index contributed by atoms with van der Waals surface area (Å²) in [6.45, 7) is 13.4. The number of benzene rings is 1. The number of nitrogens with one attached hydrogen (secondary N) is 2. The molecule has 0 aromatic heterocycles. The van der Waals surface area contributed by atoms with E-state index >= 15 is 0 Å². The fourth-order valence-corrected chi connectivity index (χ4v) is 3.75. The van der Waals surface area contributed by atoms with Crippen LogP contribution in [0.25, 0.3) is 0 Å². The summed E-state index contributed by atoms with van der Waals surface area (Å²) < 4.78 is 10.8. The van der Waals surface area contributed by atoms with Crippen LogP contribution in [0, 0.1) is 5.92 Å². The molecule has 2 N–H and O–H groups in total. The summed E-state index contributed by atoms with van der Waals surface area (Å²) >= 11 is 0. The van der Waals surface area contributed by atoms with E-state index in [-0.39, 0.29) is 17.2 Å². The minimum atomic E-state index is -0.172. The molecule has 1 aliphatic rings. The molecule has 1 aromatic rings. The Bertz CT molecular complexity index is 753. The molecular formula is C24H40N4O3. The van der Waals surface area contributed by atoms with Gasteiger partial charge in [-0.25, -0.2) is 0 Å². The molecule has 0 unspecified atom stereocenters. The van der Waals surface area contributed by atoms with E-state index in [4.69, 9.17) is 14.5 Å². The molecule has 1 aliphatic heterocycles. The first-order valence-corrected chi connectivity index (χ1v) is 11.3. The Hall–Kier alpha value is -2.44. The van der Waals surface area contributed by atoms with Crippen LogP contribution in [-0.4, -0.2) is 63.2 Å². The summed E-state index contributed by atoms with van der Waals surface area (Å²) in [7, 11) is 3.30. The van der Waals surface area contributed by atoms with Gasteiger partial charge < -0.3 is 25.0 Å². The Balaban J connectivity index is 2.03. The number of ether oxygens (including phenoxy) is 2. The summed E-state index contributed by atoms with van der Waals surface area (Å²) in [6.07, 6.45) is 1.86. The van der Waals surface area contributed by atoms with Crippen LogP contribution in [0.5, 0.6) is 11.5 Å². The smallest absolute Gasteiger partial charge is 0.225 e. The van der Waals surface area contributed by atoms with Crippen LogP contribution in [0.4, 0.5) is 0 Å². The highest BCUT2D eigenvalue weighted by atomic mass is 16.5. The molecule has 2 rings (SSSR count). The normalized spacial score (nSPS) is 15.7. The van der Waals surface area contributed by atoms with Crippen molar-refractivity contribution in [2.75, 3.05) is 40.4 Å². The Morgan fingerprint density at radius 3 is 2.39 bits per heavy atom. The second-order valence-electron chi connectivity index (χ2n) is 9.05. The second-order valence-corrected chi connectivity index (χ2v) is 9.05. The summed E-state index contributed by atoms with van der Waals surface area (Å²) in [5.41, 5.74) is 0.972. The van der Waals surface area contributed by atoms with Crippen molar-refractivity contribution in [1.82, 2.24) is 15.5 Å². The Kier molecular flexibility index (Phi) is 9.01. The van der Waals surface area contributed by atoms with Gasteiger partial charge in [-0.05, 0) is 37.5 Å². The number of guanidine groups is 1. The minimum absolute atomic E-state index is 0.0576. The van der Waals surface area contributed by atoms with Crippen molar-refractivity contribution in [2.45, 2.75) is 58.9 Å². The lowest BCUT2D eigenvalue weighted by Gasteiger charge is -2.34. The number of piperidine rings is 1. The largest absolute Gasteiger partial charge is 0.493 e. The van der Waals surface area contributed by atoms with E-state index in [0.717, 1.165) is 55.5 Å².